The molecule has 1 unspecified atom stereocenters. The Balaban J connectivity index is 2.59. The summed E-state index contributed by atoms with van der Waals surface area (Å²) in [6.07, 6.45) is 1.50. The van der Waals surface area contributed by atoms with E-state index in [4.69, 9.17) is 5.11 Å². The minimum atomic E-state index is -1.12. The van der Waals surface area contributed by atoms with Crippen LogP contribution in [0.2, 0.25) is 0 Å². The van der Waals surface area contributed by atoms with Crippen molar-refractivity contribution >= 4 is 23.6 Å². The van der Waals surface area contributed by atoms with E-state index < -0.39 is 18.3 Å². The van der Waals surface area contributed by atoms with E-state index in [0.717, 1.165) is 10.5 Å². The van der Waals surface area contributed by atoms with Crippen LogP contribution in [0.5, 0.6) is 0 Å². The zero-order chi connectivity index (χ0) is 12.8. The molecule has 4 nitrogen and oxygen atoms in total. The van der Waals surface area contributed by atoms with Crippen LogP contribution in [0.1, 0.15) is 24.9 Å². The molecule has 0 saturated heterocycles. The molecule has 0 spiro atoms. The van der Waals surface area contributed by atoms with Crippen molar-refractivity contribution in [2.45, 2.75) is 24.3 Å². The number of carbonyl (C=O) groups is 2. The van der Waals surface area contributed by atoms with E-state index in [1.807, 2.05) is 37.4 Å². The van der Waals surface area contributed by atoms with Gasteiger partial charge in [0.2, 0.25) is 5.91 Å². The molecule has 0 fully saturated rings. The number of aliphatic carboxylic acids is 1. The highest BCUT2D eigenvalue weighted by Crippen LogP contribution is 2.18. The first-order chi connectivity index (χ1) is 8.02. The van der Waals surface area contributed by atoms with E-state index in [1.54, 1.807) is 11.8 Å². The first kappa shape index (κ1) is 13.6. The van der Waals surface area contributed by atoms with Gasteiger partial charge >= 0.3 is 5.97 Å². The van der Waals surface area contributed by atoms with Gasteiger partial charge in [-0.2, -0.15) is 0 Å². The van der Waals surface area contributed by atoms with Gasteiger partial charge in [0, 0.05) is 4.90 Å². The van der Waals surface area contributed by atoms with Gasteiger partial charge in [0.25, 0.3) is 0 Å². The van der Waals surface area contributed by atoms with Crippen LogP contribution in [0.4, 0.5) is 0 Å². The van der Waals surface area contributed by atoms with Crippen molar-refractivity contribution in [3.8, 4) is 0 Å². The lowest BCUT2D eigenvalue weighted by molar-refractivity contribution is -0.140. The van der Waals surface area contributed by atoms with Gasteiger partial charge in [0.15, 0.2) is 0 Å². The van der Waals surface area contributed by atoms with Crippen molar-refractivity contribution in [3.63, 3.8) is 0 Å². The van der Waals surface area contributed by atoms with E-state index in [0.29, 0.717) is 0 Å². The fraction of sp³-hybridized carbons (Fsp3) is 0.333. The van der Waals surface area contributed by atoms with Gasteiger partial charge in [-0.05, 0) is 30.9 Å². The predicted molar refractivity (Wildman–Crippen MR) is 67.0 cm³/mol. The highest BCUT2D eigenvalue weighted by Gasteiger charge is 2.12. The summed E-state index contributed by atoms with van der Waals surface area (Å²) in [6, 6.07) is 7.62. The number of hydrogen-bond donors (Lipinski definition) is 2. The molecule has 0 aromatic heterocycles. The Morgan fingerprint density at radius 2 is 1.94 bits per heavy atom. The second-order valence-electron chi connectivity index (χ2n) is 3.63. The zero-order valence-corrected chi connectivity index (χ0v) is 10.6. The first-order valence-electron chi connectivity index (χ1n) is 5.18. The standard InChI is InChI=1S/C12H15NO3S/c1-8(13-11(14)7-12(15)16)9-3-5-10(17-2)6-4-9/h3-6,8H,7H2,1-2H3,(H,13,14)(H,15,16). The van der Waals surface area contributed by atoms with Crippen LogP contribution in [0, 0.1) is 0 Å². The molecule has 2 N–H and O–H groups in total. The molecule has 0 saturated carbocycles. The van der Waals surface area contributed by atoms with Crippen molar-refractivity contribution in [3.05, 3.63) is 29.8 Å². The molecule has 17 heavy (non-hydrogen) atoms. The topological polar surface area (TPSA) is 66.4 Å². The Morgan fingerprint density at radius 1 is 1.35 bits per heavy atom. The lowest BCUT2D eigenvalue weighted by Crippen LogP contribution is -2.28. The molecule has 0 aliphatic carbocycles. The average molecular weight is 253 g/mol. The number of carboxylic acid groups (broad SMARTS) is 1. The number of benzene rings is 1. The molecule has 1 rings (SSSR count). The fourth-order valence-electron chi connectivity index (χ4n) is 1.41. The van der Waals surface area contributed by atoms with Crippen LogP contribution in [0.25, 0.3) is 0 Å². The highest BCUT2D eigenvalue weighted by molar-refractivity contribution is 7.98. The number of thioether (sulfide) groups is 1. The monoisotopic (exact) mass is 253 g/mol. The van der Waals surface area contributed by atoms with Gasteiger partial charge < -0.3 is 10.4 Å². The number of rotatable bonds is 5. The smallest absolute Gasteiger partial charge is 0.312 e. The summed E-state index contributed by atoms with van der Waals surface area (Å²) in [5.41, 5.74) is 0.960. The van der Waals surface area contributed by atoms with Crippen LogP contribution < -0.4 is 5.32 Å². The van der Waals surface area contributed by atoms with Gasteiger partial charge in [-0.25, -0.2) is 0 Å². The summed E-state index contributed by atoms with van der Waals surface area (Å²) in [5, 5.41) is 11.1. The number of hydrogen-bond acceptors (Lipinski definition) is 3. The van der Waals surface area contributed by atoms with Gasteiger partial charge in [-0.1, -0.05) is 12.1 Å². The average Bonchev–Trinajstić information content (AvgIpc) is 2.28. The summed E-state index contributed by atoms with van der Waals surface area (Å²) >= 11 is 1.65. The first-order valence-corrected chi connectivity index (χ1v) is 6.40. The Hall–Kier alpha value is -1.49. The Kier molecular flexibility index (Phi) is 5.03. The molecule has 1 atom stereocenters. The van der Waals surface area contributed by atoms with Gasteiger partial charge in [0.1, 0.15) is 6.42 Å². The molecular weight excluding hydrogens is 238 g/mol. The molecule has 5 heteroatoms. The second-order valence-corrected chi connectivity index (χ2v) is 4.51. The van der Waals surface area contributed by atoms with Crippen molar-refractivity contribution in [2.75, 3.05) is 6.26 Å². The minimum Gasteiger partial charge on any atom is -0.481 e. The van der Waals surface area contributed by atoms with Crippen LogP contribution in [0.15, 0.2) is 29.2 Å². The number of carboxylic acids is 1. The predicted octanol–water partition coefficient (Wildman–Crippen LogP) is 2.06. The Bertz CT molecular complexity index is 403. The number of nitrogens with one attached hydrogen (secondary N) is 1. The van der Waals surface area contributed by atoms with E-state index in [9.17, 15) is 9.59 Å². The molecular formula is C12H15NO3S. The molecule has 0 bridgehead atoms. The fourth-order valence-corrected chi connectivity index (χ4v) is 1.81. The van der Waals surface area contributed by atoms with Crippen molar-refractivity contribution in [1.29, 1.82) is 0 Å². The molecule has 0 aliphatic heterocycles. The summed E-state index contributed by atoms with van der Waals surface area (Å²) in [5.74, 6) is -1.59. The quantitative estimate of drug-likeness (QED) is 0.622. The van der Waals surface area contributed by atoms with E-state index in [-0.39, 0.29) is 6.04 Å². The maximum absolute atomic E-state index is 11.3. The normalized spacial score (nSPS) is 11.9. The second kappa shape index (κ2) is 6.30. The minimum absolute atomic E-state index is 0.183. The molecule has 1 aromatic carbocycles. The molecule has 0 heterocycles. The van der Waals surface area contributed by atoms with E-state index >= 15 is 0 Å². The number of carbonyl (C=O) groups excluding carboxylic acids is 1. The summed E-state index contributed by atoms with van der Waals surface area (Å²) in [7, 11) is 0. The van der Waals surface area contributed by atoms with Gasteiger partial charge in [0.05, 0.1) is 6.04 Å². The maximum atomic E-state index is 11.3. The summed E-state index contributed by atoms with van der Waals surface area (Å²) in [4.78, 5) is 22.8. The van der Waals surface area contributed by atoms with E-state index in [1.165, 1.54) is 0 Å². The Morgan fingerprint density at radius 3 is 2.41 bits per heavy atom. The van der Waals surface area contributed by atoms with Crippen LogP contribution in [-0.2, 0) is 9.59 Å². The third-order valence-corrected chi connectivity index (χ3v) is 3.05. The van der Waals surface area contributed by atoms with Gasteiger partial charge in [-0.3, -0.25) is 9.59 Å². The molecule has 92 valence electrons. The highest BCUT2D eigenvalue weighted by atomic mass is 32.2. The van der Waals surface area contributed by atoms with Crippen molar-refractivity contribution < 1.29 is 14.7 Å². The van der Waals surface area contributed by atoms with Crippen molar-refractivity contribution in [2.24, 2.45) is 0 Å². The van der Waals surface area contributed by atoms with Crippen molar-refractivity contribution in [1.82, 2.24) is 5.32 Å². The molecule has 1 aromatic rings. The SMILES string of the molecule is CSc1ccc(C(C)NC(=O)CC(=O)O)cc1. The van der Waals surface area contributed by atoms with E-state index in [2.05, 4.69) is 5.32 Å². The zero-order valence-electron chi connectivity index (χ0n) is 9.77. The largest absolute Gasteiger partial charge is 0.481 e. The third kappa shape index (κ3) is 4.48. The third-order valence-electron chi connectivity index (χ3n) is 2.31. The van der Waals surface area contributed by atoms with Crippen LogP contribution in [0.3, 0.4) is 0 Å². The molecule has 0 aliphatic rings. The summed E-state index contributed by atoms with van der Waals surface area (Å²) in [6.45, 7) is 1.83. The lowest BCUT2D eigenvalue weighted by Gasteiger charge is -2.13. The maximum Gasteiger partial charge on any atom is 0.312 e. The molecule has 0 radical (unpaired) electrons. The Labute approximate surface area is 104 Å². The molecule has 1 amide bonds. The summed E-state index contributed by atoms with van der Waals surface area (Å²) < 4.78 is 0. The number of amides is 1. The van der Waals surface area contributed by atoms with Crippen LogP contribution in [-0.4, -0.2) is 23.2 Å². The van der Waals surface area contributed by atoms with Crippen LogP contribution >= 0.6 is 11.8 Å². The lowest BCUT2D eigenvalue weighted by atomic mass is 10.1. The van der Waals surface area contributed by atoms with Gasteiger partial charge in [-0.15, -0.1) is 11.8 Å².